The van der Waals surface area contributed by atoms with Gasteiger partial charge in [0.15, 0.2) is 0 Å². The summed E-state index contributed by atoms with van der Waals surface area (Å²) in [6.07, 6.45) is 9.98. The van der Waals surface area contributed by atoms with Gasteiger partial charge in [0.25, 0.3) is 5.91 Å². The van der Waals surface area contributed by atoms with E-state index in [2.05, 4.69) is 28.8 Å². The van der Waals surface area contributed by atoms with E-state index in [9.17, 15) is 13.6 Å². The Hall–Kier alpha value is -2.64. The van der Waals surface area contributed by atoms with Crippen molar-refractivity contribution >= 4 is 11.6 Å². The molecule has 0 aromatic heterocycles. The van der Waals surface area contributed by atoms with E-state index in [4.69, 9.17) is 0 Å². The zero-order valence-electron chi connectivity index (χ0n) is 19.0. The lowest BCUT2D eigenvalue weighted by Crippen LogP contribution is -2.58. The number of hydrogen-bond acceptors (Lipinski definition) is 4. The molecule has 0 aliphatic carbocycles. The van der Waals surface area contributed by atoms with Crippen LogP contribution in [0.15, 0.2) is 60.3 Å². The number of amides is 1. The van der Waals surface area contributed by atoms with E-state index in [0.717, 1.165) is 37.8 Å². The van der Waals surface area contributed by atoms with Gasteiger partial charge in [0.2, 0.25) is 0 Å². The fourth-order valence-corrected chi connectivity index (χ4v) is 4.44. The monoisotopic (exact) mass is 442 g/mol. The van der Waals surface area contributed by atoms with Crippen LogP contribution >= 0.6 is 0 Å². The van der Waals surface area contributed by atoms with Gasteiger partial charge in [-0.05, 0) is 45.4 Å². The summed E-state index contributed by atoms with van der Waals surface area (Å²) in [4.78, 5) is 15.9. The Balaban J connectivity index is 2.01. The normalized spacial score (nSPS) is 25.5. The molecule has 3 unspecified atom stereocenters. The quantitative estimate of drug-likeness (QED) is 0.512. The Morgan fingerprint density at radius 2 is 2.22 bits per heavy atom. The van der Waals surface area contributed by atoms with Crippen molar-refractivity contribution in [3.63, 3.8) is 0 Å². The summed E-state index contributed by atoms with van der Waals surface area (Å²) in [5.41, 5.74) is -0.348. The Labute approximate surface area is 189 Å². The zero-order valence-corrected chi connectivity index (χ0v) is 19.0. The number of allylic oxidation sites excluding steroid dienone is 3. The number of rotatable bonds is 7. The van der Waals surface area contributed by atoms with Gasteiger partial charge in [0.1, 0.15) is 11.6 Å². The summed E-state index contributed by atoms with van der Waals surface area (Å²) in [5, 5.41) is 9.46. The summed E-state index contributed by atoms with van der Waals surface area (Å²) in [6.45, 7) is 11.9. The van der Waals surface area contributed by atoms with Crippen LogP contribution in [0.1, 0.15) is 39.2 Å². The third kappa shape index (κ3) is 5.05. The number of nitrogens with one attached hydrogen (secondary N) is 1. The van der Waals surface area contributed by atoms with Gasteiger partial charge in [-0.3, -0.25) is 9.69 Å². The van der Waals surface area contributed by atoms with Crippen LogP contribution in [-0.4, -0.2) is 58.8 Å². The highest BCUT2D eigenvalue weighted by Crippen LogP contribution is 2.37. The molecule has 1 amide bonds. The number of carbonyl (C=O) groups excluding carboxylic acids is 1. The Morgan fingerprint density at radius 3 is 2.91 bits per heavy atom. The van der Waals surface area contributed by atoms with Crippen LogP contribution in [0.2, 0.25) is 0 Å². The summed E-state index contributed by atoms with van der Waals surface area (Å²) >= 11 is 0. The predicted octanol–water partition coefficient (Wildman–Crippen LogP) is 4.03. The maximum atomic E-state index is 14.6. The molecule has 1 saturated heterocycles. The van der Waals surface area contributed by atoms with Crippen molar-refractivity contribution in [3.05, 3.63) is 72.4 Å². The molecule has 2 aliphatic rings. The summed E-state index contributed by atoms with van der Waals surface area (Å²) in [7, 11) is 0. The molecule has 32 heavy (non-hydrogen) atoms. The predicted molar refractivity (Wildman–Crippen MR) is 124 cm³/mol. The average Bonchev–Trinajstić information content (AvgIpc) is 3.14. The maximum absolute atomic E-state index is 14.6. The average molecular weight is 443 g/mol. The van der Waals surface area contributed by atoms with Crippen molar-refractivity contribution < 1.29 is 13.6 Å². The minimum Gasteiger partial charge on any atom is -0.312 e. The number of hydrazone groups is 1. The van der Waals surface area contributed by atoms with Gasteiger partial charge in [-0.1, -0.05) is 37.0 Å². The molecule has 2 aliphatic heterocycles. The molecule has 3 atom stereocenters. The molecule has 1 N–H and O–H groups in total. The molecule has 7 heteroatoms. The second-order valence-corrected chi connectivity index (χ2v) is 8.50. The van der Waals surface area contributed by atoms with Gasteiger partial charge in [-0.15, -0.1) is 0 Å². The fraction of sp³-hybridized carbons (Fsp3) is 0.440. The smallest absolute Gasteiger partial charge is 0.260 e. The van der Waals surface area contributed by atoms with Gasteiger partial charge in [0.05, 0.1) is 17.3 Å². The van der Waals surface area contributed by atoms with E-state index >= 15 is 0 Å². The van der Waals surface area contributed by atoms with Crippen LogP contribution in [-0.2, 0) is 4.79 Å². The summed E-state index contributed by atoms with van der Waals surface area (Å²) in [5.74, 6) is -1.25. The second-order valence-electron chi connectivity index (χ2n) is 8.50. The Morgan fingerprint density at radius 1 is 1.44 bits per heavy atom. The molecule has 172 valence electrons. The summed E-state index contributed by atoms with van der Waals surface area (Å²) < 4.78 is 28.5. The molecule has 1 fully saturated rings. The van der Waals surface area contributed by atoms with Crippen molar-refractivity contribution in [1.82, 2.24) is 15.2 Å². The van der Waals surface area contributed by atoms with Crippen molar-refractivity contribution in [2.75, 3.05) is 19.6 Å². The molecule has 2 heterocycles. The van der Waals surface area contributed by atoms with Crippen molar-refractivity contribution in [1.29, 1.82) is 0 Å². The lowest BCUT2D eigenvalue weighted by atomic mass is 9.86. The molecule has 5 nitrogen and oxygen atoms in total. The minimum atomic E-state index is -0.798. The van der Waals surface area contributed by atoms with Gasteiger partial charge >= 0.3 is 0 Å². The highest BCUT2D eigenvalue weighted by atomic mass is 19.1. The molecule has 0 bridgehead atoms. The minimum absolute atomic E-state index is 0.0883. The van der Waals surface area contributed by atoms with E-state index in [0.29, 0.717) is 12.1 Å². The highest BCUT2D eigenvalue weighted by molar-refractivity contribution is 6.04. The van der Waals surface area contributed by atoms with Crippen LogP contribution < -0.4 is 5.32 Å². The lowest BCUT2D eigenvalue weighted by Gasteiger charge is -2.39. The molecule has 0 spiro atoms. The van der Waals surface area contributed by atoms with Gasteiger partial charge in [-0.25, -0.2) is 13.8 Å². The molecule has 3 rings (SSSR count). The van der Waals surface area contributed by atoms with Crippen molar-refractivity contribution in [2.45, 2.75) is 51.2 Å². The molecular weight excluding hydrogens is 410 g/mol. The highest BCUT2D eigenvalue weighted by Gasteiger charge is 2.46. The van der Waals surface area contributed by atoms with Crippen LogP contribution in [0, 0.1) is 11.6 Å². The number of halogens is 2. The van der Waals surface area contributed by atoms with Gasteiger partial charge in [0, 0.05) is 37.7 Å². The second kappa shape index (κ2) is 10.3. The molecule has 1 aromatic rings. The van der Waals surface area contributed by atoms with E-state index in [1.54, 1.807) is 6.08 Å². The van der Waals surface area contributed by atoms with Crippen LogP contribution in [0.5, 0.6) is 0 Å². The number of carbonyl (C=O) groups is 1. The van der Waals surface area contributed by atoms with Crippen molar-refractivity contribution in [2.24, 2.45) is 5.10 Å². The van der Waals surface area contributed by atoms with E-state index in [1.807, 2.05) is 38.2 Å². The van der Waals surface area contributed by atoms with E-state index in [-0.39, 0.29) is 23.9 Å². The number of hydrogen-bond donors (Lipinski definition) is 1. The topological polar surface area (TPSA) is 47.9 Å². The number of piperazine rings is 1. The molecular formula is C25H32F2N4O. The first kappa shape index (κ1) is 24.0. The van der Waals surface area contributed by atoms with E-state index in [1.165, 1.54) is 5.01 Å². The number of nitrogens with zero attached hydrogens (tertiary/aromatic N) is 3. The van der Waals surface area contributed by atoms with Crippen LogP contribution in [0.4, 0.5) is 8.78 Å². The Bertz CT molecular complexity index is 942. The first-order valence-electron chi connectivity index (χ1n) is 11.1. The zero-order chi connectivity index (χ0) is 23.3. The summed E-state index contributed by atoms with van der Waals surface area (Å²) in [6, 6.07) is 3.21. The van der Waals surface area contributed by atoms with Gasteiger partial charge in [-0.2, -0.15) is 5.10 Å². The molecule has 0 radical (unpaired) electrons. The largest absolute Gasteiger partial charge is 0.312 e. The van der Waals surface area contributed by atoms with Gasteiger partial charge < -0.3 is 5.32 Å². The van der Waals surface area contributed by atoms with Crippen LogP contribution in [0.3, 0.4) is 0 Å². The molecule has 1 aromatic carbocycles. The number of benzene rings is 1. The standard InChI is InChI=1S/C25H32F2N4O/c1-5-7-8-12-25(11-6-2)16-23(21-15-20(26)9-10-22(21)27)29-31(25)24(32)19(4)30-14-13-28-18(3)17-30/h5-11,15,18-19,28H,1,12-14,16-17H2,2-4H3/b8-7?,11-6+. The van der Waals surface area contributed by atoms with E-state index < -0.39 is 23.2 Å². The lowest BCUT2D eigenvalue weighted by molar-refractivity contribution is -0.140. The maximum Gasteiger partial charge on any atom is 0.260 e. The third-order valence-corrected chi connectivity index (χ3v) is 6.09. The first-order valence-corrected chi connectivity index (χ1v) is 11.1. The molecule has 0 saturated carbocycles. The first-order chi connectivity index (χ1) is 15.3. The Kier molecular flexibility index (Phi) is 7.74. The third-order valence-electron chi connectivity index (χ3n) is 6.09. The van der Waals surface area contributed by atoms with Crippen molar-refractivity contribution in [3.8, 4) is 0 Å². The fourth-order valence-electron chi connectivity index (χ4n) is 4.44. The van der Waals surface area contributed by atoms with Crippen LogP contribution in [0.25, 0.3) is 0 Å². The SMILES string of the molecule is C=CC=CCC1(/C=C/C)CC(c2cc(F)ccc2F)=NN1C(=O)C(C)N1CCNC(C)C1.